The molecule has 0 aliphatic carbocycles. The quantitative estimate of drug-likeness (QED) is 0.467. The summed E-state index contributed by atoms with van der Waals surface area (Å²) in [6.45, 7) is 9.01. The second kappa shape index (κ2) is 11.6. The maximum absolute atomic E-state index is 5.49. The molecule has 0 heterocycles. The van der Waals surface area contributed by atoms with Gasteiger partial charge >= 0.3 is 0 Å². The molecule has 15 heavy (non-hydrogen) atoms. The van der Waals surface area contributed by atoms with E-state index in [1.54, 1.807) is 0 Å². The van der Waals surface area contributed by atoms with Crippen LogP contribution in [0.1, 0.15) is 46.5 Å². The molecule has 0 spiro atoms. The molecule has 0 saturated heterocycles. The van der Waals surface area contributed by atoms with Gasteiger partial charge in [-0.25, -0.2) is 0 Å². The van der Waals surface area contributed by atoms with Crippen LogP contribution in [0.3, 0.4) is 0 Å². The van der Waals surface area contributed by atoms with Crippen LogP contribution >= 0.6 is 0 Å². The lowest BCUT2D eigenvalue weighted by Gasteiger charge is -2.15. The lowest BCUT2D eigenvalue weighted by molar-refractivity contribution is 0.125. The fourth-order valence-corrected chi connectivity index (χ4v) is 1.32. The molecule has 0 aromatic rings. The van der Waals surface area contributed by atoms with E-state index in [4.69, 9.17) is 4.74 Å². The van der Waals surface area contributed by atoms with E-state index in [1.807, 2.05) is 6.92 Å². The van der Waals surface area contributed by atoms with E-state index < -0.39 is 0 Å². The minimum atomic E-state index is 0.495. The van der Waals surface area contributed by atoms with Crippen LogP contribution < -0.4 is 5.32 Å². The molecule has 2 heteroatoms. The van der Waals surface area contributed by atoms with Crippen molar-refractivity contribution < 1.29 is 4.74 Å². The lowest BCUT2D eigenvalue weighted by Crippen LogP contribution is -2.30. The van der Waals surface area contributed by atoms with Crippen LogP contribution in [0.5, 0.6) is 0 Å². The Morgan fingerprint density at radius 3 is 2.60 bits per heavy atom. The molecule has 0 fully saturated rings. The molecule has 2 nitrogen and oxygen atoms in total. The molecule has 0 aliphatic rings. The fraction of sp³-hybridized carbons (Fsp3) is 0.846. The zero-order valence-electron chi connectivity index (χ0n) is 10.4. The second-order valence-electron chi connectivity index (χ2n) is 3.68. The minimum Gasteiger partial charge on any atom is -0.381 e. The predicted molar refractivity (Wildman–Crippen MR) is 65.9 cm³/mol. The van der Waals surface area contributed by atoms with Crippen molar-refractivity contribution in [2.75, 3.05) is 19.8 Å². The van der Waals surface area contributed by atoms with Crippen LogP contribution in [0.2, 0.25) is 0 Å². The topological polar surface area (TPSA) is 21.3 Å². The summed E-state index contributed by atoms with van der Waals surface area (Å²) in [4.78, 5) is 0. The SMILES string of the molecule is CC#CCC(CCOCCC)NCCC. The van der Waals surface area contributed by atoms with E-state index in [0.717, 1.165) is 39.0 Å². The average Bonchev–Trinajstić information content (AvgIpc) is 2.27. The first-order chi connectivity index (χ1) is 7.35. The van der Waals surface area contributed by atoms with Crippen molar-refractivity contribution in [1.82, 2.24) is 5.32 Å². The Morgan fingerprint density at radius 2 is 2.00 bits per heavy atom. The Kier molecular flexibility index (Phi) is 11.2. The molecule has 1 N–H and O–H groups in total. The molecule has 0 aliphatic heterocycles. The van der Waals surface area contributed by atoms with E-state index in [9.17, 15) is 0 Å². The van der Waals surface area contributed by atoms with E-state index in [-0.39, 0.29) is 0 Å². The van der Waals surface area contributed by atoms with Gasteiger partial charge in [-0.3, -0.25) is 0 Å². The monoisotopic (exact) mass is 211 g/mol. The lowest BCUT2D eigenvalue weighted by atomic mass is 10.1. The molecule has 0 aromatic heterocycles. The maximum Gasteiger partial charge on any atom is 0.0481 e. The van der Waals surface area contributed by atoms with Crippen molar-refractivity contribution in [3.63, 3.8) is 0 Å². The number of hydrogen-bond acceptors (Lipinski definition) is 2. The van der Waals surface area contributed by atoms with Crippen LogP contribution in [0.25, 0.3) is 0 Å². The van der Waals surface area contributed by atoms with Gasteiger partial charge in [-0.2, -0.15) is 0 Å². The van der Waals surface area contributed by atoms with Gasteiger partial charge in [0, 0.05) is 25.7 Å². The number of hydrogen-bond donors (Lipinski definition) is 1. The van der Waals surface area contributed by atoms with Gasteiger partial charge in [0.2, 0.25) is 0 Å². The third-order valence-electron chi connectivity index (χ3n) is 2.17. The fourth-order valence-electron chi connectivity index (χ4n) is 1.32. The molecule has 1 atom stereocenters. The molecule has 0 bridgehead atoms. The number of rotatable bonds is 9. The molecule has 0 amide bonds. The summed E-state index contributed by atoms with van der Waals surface area (Å²) in [6, 6.07) is 0.495. The summed E-state index contributed by atoms with van der Waals surface area (Å²) < 4.78 is 5.49. The Hall–Kier alpha value is -0.520. The van der Waals surface area contributed by atoms with Gasteiger partial charge in [0.25, 0.3) is 0 Å². The molecule has 88 valence electrons. The summed E-state index contributed by atoms with van der Waals surface area (Å²) in [7, 11) is 0. The minimum absolute atomic E-state index is 0.495. The van der Waals surface area contributed by atoms with Crippen molar-refractivity contribution in [2.45, 2.75) is 52.5 Å². The highest BCUT2D eigenvalue weighted by molar-refractivity contribution is 4.98. The summed E-state index contributed by atoms with van der Waals surface area (Å²) in [5, 5.41) is 3.50. The van der Waals surface area contributed by atoms with Crippen molar-refractivity contribution >= 4 is 0 Å². The van der Waals surface area contributed by atoms with Crippen LogP contribution in [0.4, 0.5) is 0 Å². The summed E-state index contributed by atoms with van der Waals surface area (Å²) >= 11 is 0. The van der Waals surface area contributed by atoms with E-state index in [1.165, 1.54) is 6.42 Å². The Labute approximate surface area is 94.8 Å². The third-order valence-corrected chi connectivity index (χ3v) is 2.17. The number of ether oxygens (including phenoxy) is 1. The molecule has 0 radical (unpaired) electrons. The zero-order chi connectivity index (χ0) is 11.4. The Balaban J connectivity index is 3.62. The summed E-state index contributed by atoms with van der Waals surface area (Å²) in [5.74, 6) is 6.08. The zero-order valence-corrected chi connectivity index (χ0v) is 10.4. The van der Waals surface area contributed by atoms with Gasteiger partial charge in [0.05, 0.1) is 0 Å². The first-order valence-corrected chi connectivity index (χ1v) is 6.05. The highest BCUT2D eigenvalue weighted by atomic mass is 16.5. The van der Waals surface area contributed by atoms with Crippen molar-refractivity contribution in [3.8, 4) is 11.8 Å². The third kappa shape index (κ3) is 9.78. The molecule has 0 aromatic carbocycles. The van der Waals surface area contributed by atoms with Crippen molar-refractivity contribution in [3.05, 3.63) is 0 Å². The van der Waals surface area contributed by atoms with Gasteiger partial charge in [-0.05, 0) is 32.7 Å². The van der Waals surface area contributed by atoms with Gasteiger partial charge in [-0.1, -0.05) is 13.8 Å². The molecule has 1 unspecified atom stereocenters. The first-order valence-electron chi connectivity index (χ1n) is 6.05. The van der Waals surface area contributed by atoms with Crippen molar-refractivity contribution in [2.24, 2.45) is 0 Å². The van der Waals surface area contributed by atoms with Crippen LogP contribution in [0.15, 0.2) is 0 Å². The Morgan fingerprint density at radius 1 is 1.20 bits per heavy atom. The smallest absolute Gasteiger partial charge is 0.0481 e. The van der Waals surface area contributed by atoms with E-state index in [2.05, 4.69) is 31.0 Å². The van der Waals surface area contributed by atoms with Gasteiger partial charge in [-0.15, -0.1) is 11.8 Å². The predicted octanol–water partition coefficient (Wildman–Crippen LogP) is 2.58. The normalized spacial score (nSPS) is 11.9. The standard InChI is InChI=1S/C13H25NO/c1-4-7-8-13(14-10-5-2)9-12-15-11-6-3/h13-14H,5-6,8-12H2,1-3H3. The summed E-state index contributed by atoms with van der Waals surface area (Å²) in [5.41, 5.74) is 0. The van der Waals surface area contributed by atoms with Gasteiger partial charge in [0.15, 0.2) is 0 Å². The molecule has 0 saturated carbocycles. The molecular formula is C13H25NO. The van der Waals surface area contributed by atoms with Crippen LogP contribution in [0, 0.1) is 11.8 Å². The molecular weight excluding hydrogens is 186 g/mol. The largest absolute Gasteiger partial charge is 0.381 e. The summed E-state index contributed by atoms with van der Waals surface area (Å²) in [6.07, 6.45) is 4.27. The van der Waals surface area contributed by atoms with Crippen LogP contribution in [-0.2, 0) is 4.74 Å². The van der Waals surface area contributed by atoms with Crippen LogP contribution in [-0.4, -0.2) is 25.8 Å². The highest BCUT2D eigenvalue weighted by Crippen LogP contribution is 1.99. The second-order valence-corrected chi connectivity index (χ2v) is 3.68. The van der Waals surface area contributed by atoms with Crippen molar-refractivity contribution in [1.29, 1.82) is 0 Å². The number of nitrogens with one attached hydrogen (secondary N) is 1. The van der Waals surface area contributed by atoms with Gasteiger partial charge < -0.3 is 10.1 Å². The van der Waals surface area contributed by atoms with E-state index >= 15 is 0 Å². The molecule has 0 rings (SSSR count). The highest BCUT2D eigenvalue weighted by Gasteiger charge is 2.05. The first kappa shape index (κ1) is 14.5. The van der Waals surface area contributed by atoms with Gasteiger partial charge in [0.1, 0.15) is 0 Å². The maximum atomic E-state index is 5.49. The average molecular weight is 211 g/mol. The Bertz CT molecular complexity index is 181. The van der Waals surface area contributed by atoms with E-state index in [0.29, 0.717) is 6.04 Å².